The van der Waals surface area contributed by atoms with E-state index in [0.29, 0.717) is 12.3 Å². The van der Waals surface area contributed by atoms with Crippen LogP contribution in [0.5, 0.6) is 0 Å². The number of esters is 1. The molecule has 0 saturated carbocycles. The number of β-lactam (4-membered cyclic amide) rings is 1. The second kappa shape index (κ2) is 11.3. The van der Waals surface area contributed by atoms with Crippen LogP contribution in [0.4, 0.5) is 5.13 Å². The Balaban J connectivity index is 1.40. The first-order valence-corrected chi connectivity index (χ1v) is 12.7. The largest absolute Gasteiger partial charge is 0.478 e. The fourth-order valence-corrected chi connectivity index (χ4v) is 5.15. The minimum Gasteiger partial charge on any atom is -0.478 e. The minimum absolute atomic E-state index is 0.0998. The van der Waals surface area contributed by atoms with Crippen LogP contribution in [-0.2, 0) is 30.5 Å². The Kier molecular flexibility index (Phi) is 7.98. The zero-order valence-electron chi connectivity index (χ0n) is 19.4. The van der Waals surface area contributed by atoms with Gasteiger partial charge in [-0.15, -0.1) is 11.8 Å². The number of pyridine rings is 1. The van der Waals surface area contributed by atoms with E-state index in [0.717, 1.165) is 17.1 Å². The summed E-state index contributed by atoms with van der Waals surface area (Å²) in [5.41, 5.74) is 6.42. The van der Waals surface area contributed by atoms with Gasteiger partial charge in [0.2, 0.25) is 18.1 Å². The second-order valence-corrected chi connectivity index (χ2v) is 9.61. The summed E-state index contributed by atoms with van der Waals surface area (Å²) in [4.78, 5) is 58.7. The minimum atomic E-state index is -1.01. The van der Waals surface area contributed by atoms with E-state index in [1.165, 1.54) is 28.8 Å². The molecule has 37 heavy (non-hydrogen) atoms. The van der Waals surface area contributed by atoms with Crippen LogP contribution in [0.2, 0.25) is 0 Å². The van der Waals surface area contributed by atoms with Crippen LogP contribution in [0.3, 0.4) is 0 Å². The Bertz CT molecular complexity index is 1280. The first-order valence-electron chi connectivity index (χ1n) is 10.9. The van der Waals surface area contributed by atoms with Crippen LogP contribution in [0.1, 0.15) is 23.1 Å². The predicted molar refractivity (Wildman–Crippen MR) is 130 cm³/mol. The number of ether oxygens (including phenoxy) is 1. The molecule has 2 aromatic rings. The number of carbonyl (C=O) groups excluding carboxylic acids is 3. The Labute approximate surface area is 218 Å². The van der Waals surface area contributed by atoms with Gasteiger partial charge in [0.25, 0.3) is 11.8 Å². The monoisotopic (exact) mass is 548 g/mol. The van der Waals surface area contributed by atoms with Crippen LogP contribution in [0, 0.1) is 0 Å². The molecule has 0 radical (unpaired) electrons. The van der Waals surface area contributed by atoms with Crippen LogP contribution in [0.15, 0.2) is 41.5 Å². The highest BCUT2D eigenvalue weighted by atomic mass is 32.2. The van der Waals surface area contributed by atoms with E-state index in [1.807, 2.05) is 4.57 Å². The number of aromatic carboxylic acids is 1. The van der Waals surface area contributed by atoms with Gasteiger partial charge in [-0.1, -0.05) is 5.16 Å². The molecular formula is C21H22N7O7S2+. The number of hydrogen-bond acceptors (Lipinski definition) is 12. The van der Waals surface area contributed by atoms with Crippen molar-refractivity contribution >= 4 is 57.9 Å². The SMILES string of the molecule is CCOC(=O)CON=C(C(=O)NC1C(=O)N2C=C(C[n+]3ccc(C(=O)O)cc3)CS[C@H]12)c1nsc(N)n1. The summed E-state index contributed by atoms with van der Waals surface area (Å²) in [6.07, 6.45) is 5.06. The number of thioether (sulfide) groups is 1. The quantitative estimate of drug-likeness (QED) is 0.113. The topological polar surface area (TPSA) is 190 Å². The summed E-state index contributed by atoms with van der Waals surface area (Å²) < 4.78 is 10.5. The lowest BCUT2D eigenvalue weighted by Gasteiger charge is -2.47. The third-order valence-corrected chi connectivity index (χ3v) is 7.08. The van der Waals surface area contributed by atoms with Crippen LogP contribution in [-0.4, -0.2) is 79.2 Å². The fourth-order valence-electron chi connectivity index (χ4n) is 3.46. The van der Waals surface area contributed by atoms with Gasteiger partial charge in [-0.05, 0) is 6.92 Å². The molecule has 4 rings (SSSR count). The number of anilines is 1. The molecule has 4 N–H and O–H groups in total. The maximum Gasteiger partial charge on any atom is 0.347 e. The summed E-state index contributed by atoms with van der Waals surface area (Å²) in [7, 11) is 0. The molecular weight excluding hydrogens is 526 g/mol. The van der Waals surface area contributed by atoms with Crippen LogP contribution in [0.25, 0.3) is 0 Å². The zero-order valence-corrected chi connectivity index (χ0v) is 21.0. The van der Waals surface area contributed by atoms with Gasteiger partial charge >= 0.3 is 11.9 Å². The Hall–Kier alpha value is -4.05. The normalized spacial score (nSPS) is 18.8. The lowest BCUT2D eigenvalue weighted by molar-refractivity contribution is -0.689. The first kappa shape index (κ1) is 26.0. The number of carbonyl (C=O) groups is 4. The number of hydrogen-bond donors (Lipinski definition) is 3. The third kappa shape index (κ3) is 6.03. The Morgan fingerprint density at radius 3 is 2.76 bits per heavy atom. The molecule has 0 aromatic carbocycles. The van der Waals surface area contributed by atoms with Crippen molar-refractivity contribution in [3.63, 3.8) is 0 Å². The van der Waals surface area contributed by atoms with Crippen molar-refractivity contribution in [1.82, 2.24) is 19.6 Å². The molecule has 1 unspecified atom stereocenters. The maximum absolute atomic E-state index is 13.0. The van der Waals surface area contributed by atoms with Gasteiger partial charge in [-0.25, -0.2) is 14.2 Å². The molecule has 0 spiro atoms. The average Bonchev–Trinajstić information content (AvgIpc) is 3.31. The summed E-state index contributed by atoms with van der Waals surface area (Å²) in [6, 6.07) is 2.19. The van der Waals surface area contributed by atoms with E-state index >= 15 is 0 Å². The van der Waals surface area contributed by atoms with Crippen molar-refractivity contribution in [1.29, 1.82) is 0 Å². The number of aromatic nitrogens is 3. The number of carboxylic acids is 1. The van der Waals surface area contributed by atoms with Crippen molar-refractivity contribution in [2.45, 2.75) is 24.9 Å². The van der Waals surface area contributed by atoms with Crippen LogP contribution >= 0.6 is 23.3 Å². The zero-order chi connectivity index (χ0) is 26.5. The molecule has 2 aliphatic heterocycles. The lowest BCUT2D eigenvalue weighted by atomic mass is 10.1. The van der Waals surface area contributed by atoms with E-state index in [1.54, 1.807) is 25.5 Å². The highest BCUT2D eigenvalue weighted by Gasteiger charge is 2.50. The van der Waals surface area contributed by atoms with Crippen molar-refractivity contribution in [3.8, 4) is 0 Å². The van der Waals surface area contributed by atoms with E-state index in [-0.39, 0.29) is 40.1 Å². The number of oxime groups is 1. The van der Waals surface area contributed by atoms with Crippen molar-refractivity contribution in [2.24, 2.45) is 5.16 Å². The van der Waals surface area contributed by atoms with Gasteiger partial charge in [-0.3, -0.25) is 9.59 Å². The lowest BCUT2D eigenvalue weighted by Crippen LogP contribution is -2.69. The molecule has 0 aliphatic carbocycles. The number of carboxylic acid groups (broad SMARTS) is 1. The summed E-state index contributed by atoms with van der Waals surface area (Å²) in [5.74, 6) is -2.25. The third-order valence-electron chi connectivity index (χ3n) is 5.16. The maximum atomic E-state index is 13.0. The van der Waals surface area contributed by atoms with E-state index in [2.05, 4.69) is 19.8 Å². The molecule has 2 amide bonds. The van der Waals surface area contributed by atoms with E-state index in [9.17, 15) is 19.2 Å². The number of nitrogen functional groups attached to an aromatic ring is 1. The summed E-state index contributed by atoms with van der Waals surface area (Å²) in [6.45, 7) is 1.75. The van der Waals surface area contributed by atoms with E-state index in [4.69, 9.17) is 20.4 Å². The molecule has 194 valence electrons. The number of nitrogens with one attached hydrogen (secondary N) is 1. The number of nitrogens with zero attached hydrogens (tertiary/aromatic N) is 5. The number of amides is 2. The second-order valence-electron chi connectivity index (χ2n) is 7.72. The van der Waals surface area contributed by atoms with Gasteiger partial charge < -0.3 is 30.6 Å². The number of rotatable bonds is 10. The van der Waals surface area contributed by atoms with E-state index < -0.39 is 30.5 Å². The molecule has 2 atom stereocenters. The van der Waals surface area contributed by atoms with Crippen molar-refractivity contribution in [3.05, 3.63) is 47.7 Å². The smallest absolute Gasteiger partial charge is 0.347 e. The predicted octanol–water partition coefficient (Wildman–Crippen LogP) is -0.626. The van der Waals surface area contributed by atoms with Gasteiger partial charge in [0.05, 0.1) is 12.2 Å². The van der Waals surface area contributed by atoms with Crippen LogP contribution < -0.4 is 15.6 Å². The molecule has 16 heteroatoms. The molecule has 1 fully saturated rings. The highest BCUT2D eigenvalue weighted by Crippen LogP contribution is 2.36. The Morgan fingerprint density at radius 1 is 1.35 bits per heavy atom. The molecule has 4 heterocycles. The van der Waals surface area contributed by atoms with Crippen molar-refractivity contribution in [2.75, 3.05) is 24.7 Å². The number of fused-ring (bicyclic) bond motifs is 1. The van der Waals surface area contributed by atoms with Crippen molar-refractivity contribution < 1.29 is 38.4 Å². The van der Waals surface area contributed by atoms with Gasteiger partial charge in [-0.2, -0.15) is 9.36 Å². The molecule has 2 aromatic heterocycles. The summed E-state index contributed by atoms with van der Waals surface area (Å²) in [5, 5.41) is 15.1. The van der Waals surface area contributed by atoms with Gasteiger partial charge in [0, 0.05) is 41.2 Å². The highest BCUT2D eigenvalue weighted by molar-refractivity contribution is 8.00. The molecule has 2 aliphatic rings. The Morgan fingerprint density at radius 2 is 2.11 bits per heavy atom. The molecule has 1 saturated heterocycles. The number of nitrogens with two attached hydrogens (primary N) is 1. The average molecular weight is 549 g/mol. The first-order chi connectivity index (χ1) is 17.8. The summed E-state index contributed by atoms with van der Waals surface area (Å²) >= 11 is 2.32. The standard InChI is InChI=1S/C21H21N7O7S2/c1-2-34-13(29)9-35-25-14(16-24-21(22)37-26-16)17(30)23-15-18(31)28-8-11(10-36-19(15)28)7-27-5-3-12(4-6-27)20(32)33/h3-6,8,15,19H,2,7,9-10H2,1H3,(H3-,22,23,24,26,30,32,33)/p+1/t15?,19-/m1/s1. The fraction of sp³-hybridized carbons (Fsp3) is 0.333. The van der Waals surface area contributed by atoms with Gasteiger partial charge in [0.15, 0.2) is 24.1 Å². The molecule has 14 nitrogen and oxygen atoms in total. The molecule has 0 bridgehead atoms. The van der Waals surface area contributed by atoms with Gasteiger partial charge in [0.1, 0.15) is 11.4 Å².